The van der Waals surface area contributed by atoms with Crippen LogP contribution in [0, 0.1) is 6.92 Å². The van der Waals surface area contributed by atoms with Crippen LogP contribution in [0.15, 0.2) is 48.7 Å². The smallest absolute Gasteiger partial charge is 0.258 e. The summed E-state index contributed by atoms with van der Waals surface area (Å²) in [6, 6.07) is 13.7. The van der Waals surface area contributed by atoms with Crippen molar-refractivity contribution in [2.45, 2.75) is 19.4 Å². The number of pyridine rings is 1. The van der Waals surface area contributed by atoms with Crippen molar-refractivity contribution >= 4 is 11.7 Å². The third-order valence-electron chi connectivity index (χ3n) is 3.98. The van der Waals surface area contributed by atoms with Gasteiger partial charge in [-0.05, 0) is 37.1 Å². The predicted molar refractivity (Wildman–Crippen MR) is 89.7 cm³/mol. The Hall–Kier alpha value is -2.56. The van der Waals surface area contributed by atoms with Crippen molar-refractivity contribution < 1.29 is 9.53 Å². The molecule has 1 aromatic heterocycles. The number of hydrogen-bond donors (Lipinski definition) is 1. The van der Waals surface area contributed by atoms with Crippen LogP contribution in [0.2, 0.25) is 0 Å². The van der Waals surface area contributed by atoms with Crippen LogP contribution in [0.5, 0.6) is 5.75 Å². The molecule has 23 heavy (non-hydrogen) atoms. The number of hydrogen-bond acceptors (Lipinski definition) is 4. The van der Waals surface area contributed by atoms with Gasteiger partial charge in [-0.15, -0.1) is 0 Å². The number of carbonyl (C=O) groups excluding carboxylic acids is 1. The predicted octanol–water partition coefficient (Wildman–Crippen LogP) is 2.16. The molecule has 1 amide bonds. The first-order valence-electron chi connectivity index (χ1n) is 7.86. The van der Waals surface area contributed by atoms with Crippen molar-refractivity contribution in [3.05, 3.63) is 54.2 Å². The second-order valence-corrected chi connectivity index (χ2v) is 5.74. The van der Waals surface area contributed by atoms with Crippen molar-refractivity contribution in [2.24, 2.45) is 0 Å². The molecule has 0 bridgehead atoms. The zero-order valence-electron chi connectivity index (χ0n) is 13.2. The van der Waals surface area contributed by atoms with Crippen LogP contribution in [0.3, 0.4) is 0 Å². The maximum atomic E-state index is 12.1. The Morgan fingerprint density at radius 1 is 1.30 bits per heavy atom. The van der Waals surface area contributed by atoms with E-state index >= 15 is 0 Å². The zero-order chi connectivity index (χ0) is 16.1. The van der Waals surface area contributed by atoms with Gasteiger partial charge in [0, 0.05) is 25.3 Å². The van der Waals surface area contributed by atoms with E-state index in [0.29, 0.717) is 0 Å². The number of benzene rings is 1. The molecule has 1 aromatic carbocycles. The molecule has 3 rings (SSSR count). The number of anilines is 1. The molecule has 0 aliphatic carbocycles. The van der Waals surface area contributed by atoms with E-state index in [0.717, 1.165) is 36.6 Å². The number of rotatable bonds is 5. The van der Waals surface area contributed by atoms with Gasteiger partial charge >= 0.3 is 0 Å². The number of nitrogens with one attached hydrogen (secondary N) is 1. The van der Waals surface area contributed by atoms with Crippen molar-refractivity contribution in [3.63, 3.8) is 0 Å². The molecule has 1 fully saturated rings. The van der Waals surface area contributed by atoms with Crippen molar-refractivity contribution in [3.8, 4) is 5.75 Å². The van der Waals surface area contributed by atoms with Gasteiger partial charge < -0.3 is 15.0 Å². The molecule has 0 spiro atoms. The van der Waals surface area contributed by atoms with Crippen molar-refractivity contribution in [1.29, 1.82) is 0 Å². The van der Waals surface area contributed by atoms with Gasteiger partial charge in [0.1, 0.15) is 11.6 Å². The molecular formula is C18H21N3O2. The highest BCUT2D eigenvalue weighted by molar-refractivity contribution is 5.78. The van der Waals surface area contributed by atoms with Gasteiger partial charge in [0.05, 0.1) is 0 Å². The molecule has 5 nitrogen and oxygen atoms in total. The van der Waals surface area contributed by atoms with E-state index in [9.17, 15) is 4.79 Å². The van der Waals surface area contributed by atoms with E-state index in [1.54, 1.807) is 6.20 Å². The standard InChI is InChI=1S/C18H21N3O2/c1-14-6-2-3-7-16(14)23-13-18(22)20-15-9-11-21(12-15)17-8-4-5-10-19-17/h2-8,10,15H,9,11-13H2,1H3,(H,20,22). The van der Waals surface area contributed by atoms with Gasteiger partial charge in [0.15, 0.2) is 6.61 Å². The van der Waals surface area contributed by atoms with Crippen LogP contribution < -0.4 is 15.0 Å². The Morgan fingerprint density at radius 3 is 2.91 bits per heavy atom. The van der Waals surface area contributed by atoms with Gasteiger partial charge in [-0.2, -0.15) is 0 Å². The molecular weight excluding hydrogens is 290 g/mol. The van der Waals surface area contributed by atoms with Gasteiger partial charge in [-0.25, -0.2) is 4.98 Å². The lowest BCUT2D eigenvalue weighted by Gasteiger charge is -2.18. The first-order valence-corrected chi connectivity index (χ1v) is 7.86. The summed E-state index contributed by atoms with van der Waals surface area (Å²) in [4.78, 5) is 18.6. The summed E-state index contributed by atoms with van der Waals surface area (Å²) >= 11 is 0. The first-order chi connectivity index (χ1) is 11.2. The van der Waals surface area contributed by atoms with Crippen LogP contribution in [0.25, 0.3) is 0 Å². The van der Waals surface area contributed by atoms with Crippen LogP contribution >= 0.6 is 0 Å². The maximum Gasteiger partial charge on any atom is 0.258 e. The zero-order valence-corrected chi connectivity index (χ0v) is 13.2. The molecule has 0 saturated carbocycles. The summed E-state index contributed by atoms with van der Waals surface area (Å²) in [7, 11) is 0. The highest BCUT2D eigenvalue weighted by Crippen LogP contribution is 2.18. The van der Waals surface area contributed by atoms with E-state index in [1.807, 2.05) is 49.4 Å². The second kappa shape index (κ2) is 7.13. The molecule has 2 heterocycles. The fraction of sp³-hybridized carbons (Fsp3) is 0.333. The topological polar surface area (TPSA) is 54.5 Å². The van der Waals surface area contributed by atoms with E-state index < -0.39 is 0 Å². The third-order valence-corrected chi connectivity index (χ3v) is 3.98. The van der Waals surface area contributed by atoms with E-state index in [1.165, 1.54) is 0 Å². The number of para-hydroxylation sites is 1. The minimum absolute atomic E-state index is 0.0466. The maximum absolute atomic E-state index is 12.1. The molecule has 1 saturated heterocycles. The largest absolute Gasteiger partial charge is 0.484 e. The summed E-state index contributed by atoms with van der Waals surface area (Å²) in [5.41, 5.74) is 1.03. The molecule has 1 atom stereocenters. The summed E-state index contributed by atoms with van der Waals surface area (Å²) in [6.07, 6.45) is 2.71. The lowest BCUT2D eigenvalue weighted by atomic mass is 10.2. The number of amides is 1. The monoisotopic (exact) mass is 311 g/mol. The fourth-order valence-corrected chi connectivity index (χ4v) is 2.76. The fourth-order valence-electron chi connectivity index (χ4n) is 2.76. The van der Waals surface area contributed by atoms with Crippen LogP contribution in [-0.4, -0.2) is 36.6 Å². The second-order valence-electron chi connectivity index (χ2n) is 5.74. The minimum atomic E-state index is -0.0823. The van der Waals surface area contributed by atoms with E-state index in [4.69, 9.17) is 4.74 Å². The summed E-state index contributed by atoms with van der Waals surface area (Å²) in [6.45, 7) is 3.70. The molecule has 5 heteroatoms. The Kier molecular flexibility index (Phi) is 4.76. The first kappa shape index (κ1) is 15.3. The van der Waals surface area contributed by atoms with Crippen molar-refractivity contribution in [1.82, 2.24) is 10.3 Å². The van der Waals surface area contributed by atoms with Crippen LogP contribution in [-0.2, 0) is 4.79 Å². The normalized spacial score (nSPS) is 17.1. The van der Waals surface area contributed by atoms with E-state index in [-0.39, 0.29) is 18.6 Å². The Bertz CT molecular complexity index is 660. The number of ether oxygens (including phenoxy) is 1. The Labute approximate surface area is 136 Å². The lowest BCUT2D eigenvalue weighted by molar-refractivity contribution is -0.123. The average molecular weight is 311 g/mol. The average Bonchev–Trinajstić information content (AvgIpc) is 3.03. The van der Waals surface area contributed by atoms with Crippen LogP contribution in [0.4, 0.5) is 5.82 Å². The van der Waals surface area contributed by atoms with Gasteiger partial charge in [0.2, 0.25) is 0 Å². The quantitative estimate of drug-likeness (QED) is 0.919. The Morgan fingerprint density at radius 2 is 2.13 bits per heavy atom. The number of aryl methyl sites for hydroxylation is 1. The summed E-state index contributed by atoms with van der Waals surface area (Å²) in [5.74, 6) is 1.63. The minimum Gasteiger partial charge on any atom is -0.484 e. The number of aromatic nitrogens is 1. The number of carbonyl (C=O) groups is 1. The molecule has 0 radical (unpaired) electrons. The Balaban J connectivity index is 1.47. The number of nitrogens with zero attached hydrogens (tertiary/aromatic N) is 2. The lowest BCUT2D eigenvalue weighted by Crippen LogP contribution is -2.39. The van der Waals surface area contributed by atoms with Crippen molar-refractivity contribution in [2.75, 3.05) is 24.6 Å². The molecule has 1 aliphatic rings. The highest BCUT2D eigenvalue weighted by atomic mass is 16.5. The summed E-state index contributed by atoms with van der Waals surface area (Å²) in [5, 5.41) is 3.03. The van der Waals surface area contributed by atoms with Crippen LogP contribution in [0.1, 0.15) is 12.0 Å². The third kappa shape index (κ3) is 4.00. The van der Waals surface area contributed by atoms with Gasteiger partial charge in [-0.3, -0.25) is 4.79 Å². The highest BCUT2D eigenvalue weighted by Gasteiger charge is 2.24. The summed E-state index contributed by atoms with van der Waals surface area (Å²) < 4.78 is 5.58. The van der Waals surface area contributed by atoms with Gasteiger partial charge in [0.25, 0.3) is 5.91 Å². The molecule has 1 unspecified atom stereocenters. The van der Waals surface area contributed by atoms with E-state index in [2.05, 4.69) is 15.2 Å². The SMILES string of the molecule is Cc1ccccc1OCC(=O)NC1CCN(c2ccccn2)C1. The molecule has 120 valence electrons. The molecule has 1 aliphatic heterocycles. The van der Waals surface area contributed by atoms with Gasteiger partial charge in [-0.1, -0.05) is 24.3 Å². The molecule has 1 N–H and O–H groups in total. The molecule has 2 aromatic rings.